The van der Waals surface area contributed by atoms with Crippen LogP contribution in [0, 0.1) is 18.7 Å². The smallest absolute Gasteiger partial charge is 0.260 e. The van der Waals surface area contributed by atoms with Gasteiger partial charge >= 0.3 is 0 Å². The number of hydrogen-bond donors (Lipinski definition) is 0. The van der Waals surface area contributed by atoms with Crippen LogP contribution >= 0.6 is 0 Å². The summed E-state index contributed by atoms with van der Waals surface area (Å²) in [5, 5.41) is 0.912. The molecule has 0 bridgehead atoms. The number of piperidine rings is 1. The Balaban J connectivity index is 1.25. The first-order valence-electron chi connectivity index (χ1n) is 12.8. The van der Waals surface area contributed by atoms with Gasteiger partial charge in [-0.2, -0.15) is 0 Å². The second-order valence-electron chi connectivity index (χ2n) is 9.86. The Morgan fingerprint density at radius 2 is 1.70 bits per heavy atom. The lowest BCUT2D eigenvalue weighted by molar-refractivity contribution is -0.134. The Morgan fingerprint density at radius 1 is 0.946 bits per heavy atom. The van der Waals surface area contributed by atoms with Crippen LogP contribution in [-0.2, 0) is 17.8 Å². The molecule has 0 N–H and O–H groups in total. The van der Waals surface area contributed by atoms with Crippen LogP contribution in [0.5, 0.6) is 5.75 Å². The van der Waals surface area contributed by atoms with Gasteiger partial charge in [-0.25, -0.2) is 4.39 Å². The number of amides is 1. The highest BCUT2D eigenvalue weighted by molar-refractivity contribution is 5.84. The lowest BCUT2D eigenvalue weighted by Gasteiger charge is -2.32. The summed E-state index contributed by atoms with van der Waals surface area (Å²) in [5.74, 6) is 0.747. The number of aromatic nitrogens is 1. The van der Waals surface area contributed by atoms with Crippen molar-refractivity contribution < 1.29 is 13.9 Å². The standard InChI is InChI=1S/C31H31FN2O3/c1-22-16-30(35)34(20-25-8-5-9-26(32)18-25)29-19-27(10-11-28(22)29)37-21-31(36)33-14-12-24(13-15-33)17-23-6-3-2-4-7-23/h2-11,16,18-19,24H,12-15,17,20-21H2,1H3. The number of likely N-dealkylation sites (tertiary alicyclic amines) is 1. The van der Waals surface area contributed by atoms with Crippen LogP contribution in [-0.4, -0.2) is 35.1 Å². The quantitative estimate of drug-likeness (QED) is 0.345. The van der Waals surface area contributed by atoms with Gasteiger partial charge in [0.2, 0.25) is 0 Å². The molecule has 1 fully saturated rings. The molecule has 0 spiro atoms. The number of pyridine rings is 1. The van der Waals surface area contributed by atoms with Crippen molar-refractivity contribution in [2.75, 3.05) is 19.7 Å². The van der Waals surface area contributed by atoms with E-state index < -0.39 is 0 Å². The Morgan fingerprint density at radius 3 is 2.46 bits per heavy atom. The van der Waals surface area contributed by atoms with Crippen molar-refractivity contribution in [3.8, 4) is 5.75 Å². The number of nitrogens with zero attached hydrogens (tertiary/aromatic N) is 2. The van der Waals surface area contributed by atoms with Crippen LogP contribution in [0.3, 0.4) is 0 Å². The molecule has 1 aliphatic rings. The third-order valence-corrected chi connectivity index (χ3v) is 7.22. The van der Waals surface area contributed by atoms with Crippen LogP contribution < -0.4 is 10.3 Å². The van der Waals surface area contributed by atoms with Crippen molar-refractivity contribution in [2.45, 2.75) is 32.7 Å². The summed E-state index contributed by atoms with van der Waals surface area (Å²) < 4.78 is 21.2. The van der Waals surface area contributed by atoms with E-state index in [1.165, 1.54) is 17.7 Å². The maximum absolute atomic E-state index is 13.7. The zero-order valence-corrected chi connectivity index (χ0v) is 21.0. The van der Waals surface area contributed by atoms with Gasteiger partial charge in [-0.05, 0) is 73.1 Å². The van der Waals surface area contributed by atoms with Gasteiger partial charge in [0.15, 0.2) is 6.61 Å². The highest BCUT2D eigenvalue weighted by Gasteiger charge is 2.23. The molecule has 3 aromatic carbocycles. The van der Waals surface area contributed by atoms with Gasteiger partial charge in [0.05, 0.1) is 12.1 Å². The Labute approximate surface area is 216 Å². The van der Waals surface area contributed by atoms with Gasteiger partial charge in [0, 0.05) is 30.6 Å². The minimum absolute atomic E-state index is 0.0281. The van der Waals surface area contributed by atoms with Gasteiger partial charge in [-0.1, -0.05) is 42.5 Å². The fourth-order valence-corrected chi connectivity index (χ4v) is 5.17. The molecular formula is C31H31FN2O3. The molecule has 4 aromatic rings. The molecule has 1 aromatic heterocycles. The van der Waals surface area contributed by atoms with Crippen LogP contribution in [0.2, 0.25) is 0 Å². The molecule has 37 heavy (non-hydrogen) atoms. The van der Waals surface area contributed by atoms with E-state index in [1.54, 1.807) is 28.8 Å². The predicted molar refractivity (Wildman–Crippen MR) is 143 cm³/mol. The van der Waals surface area contributed by atoms with E-state index >= 15 is 0 Å². The SMILES string of the molecule is Cc1cc(=O)n(Cc2cccc(F)c2)c2cc(OCC(=O)N3CCC(Cc4ccccc4)CC3)ccc12. The Bertz CT molecular complexity index is 1460. The summed E-state index contributed by atoms with van der Waals surface area (Å²) in [7, 11) is 0. The molecular weight excluding hydrogens is 467 g/mol. The average molecular weight is 499 g/mol. The molecule has 1 aliphatic heterocycles. The number of halogens is 1. The number of benzene rings is 3. The fraction of sp³-hybridized carbons (Fsp3) is 0.290. The maximum Gasteiger partial charge on any atom is 0.260 e. The second-order valence-corrected chi connectivity index (χ2v) is 9.86. The largest absolute Gasteiger partial charge is 0.484 e. The number of carbonyl (C=O) groups excluding carboxylic acids is 1. The summed E-state index contributed by atoms with van der Waals surface area (Å²) in [6.45, 7) is 3.57. The Hall–Kier alpha value is -3.93. The molecule has 6 heteroatoms. The van der Waals surface area contributed by atoms with Crippen LogP contribution in [0.25, 0.3) is 10.9 Å². The topological polar surface area (TPSA) is 51.5 Å². The van der Waals surface area contributed by atoms with Gasteiger partial charge in [0.1, 0.15) is 11.6 Å². The molecule has 0 radical (unpaired) electrons. The summed E-state index contributed by atoms with van der Waals surface area (Å²) in [5.41, 5.74) is 3.43. The van der Waals surface area contributed by atoms with E-state index in [9.17, 15) is 14.0 Å². The molecule has 2 heterocycles. The zero-order valence-electron chi connectivity index (χ0n) is 21.0. The van der Waals surface area contributed by atoms with Crippen molar-refractivity contribution >= 4 is 16.8 Å². The van der Waals surface area contributed by atoms with Crippen molar-refractivity contribution in [3.63, 3.8) is 0 Å². The number of carbonyl (C=O) groups is 1. The first kappa shape index (κ1) is 24.8. The molecule has 5 nitrogen and oxygen atoms in total. The molecule has 0 atom stereocenters. The number of ether oxygens (including phenoxy) is 1. The molecule has 5 rings (SSSR count). The number of hydrogen-bond acceptors (Lipinski definition) is 3. The second kappa shape index (κ2) is 11.0. The third kappa shape index (κ3) is 5.91. The van der Waals surface area contributed by atoms with Crippen LogP contribution in [0.4, 0.5) is 4.39 Å². The fourth-order valence-electron chi connectivity index (χ4n) is 5.17. The summed E-state index contributed by atoms with van der Waals surface area (Å²) in [4.78, 5) is 27.6. The monoisotopic (exact) mass is 498 g/mol. The van der Waals surface area contributed by atoms with E-state index in [1.807, 2.05) is 30.0 Å². The lowest BCUT2D eigenvalue weighted by Crippen LogP contribution is -2.41. The van der Waals surface area contributed by atoms with Gasteiger partial charge < -0.3 is 14.2 Å². The average Bonchev–Trinajstić information content (AvgIpc) is 2.90. The Kier molecular flexibility index (Phi) is 7.35. The molecule has 0 unspecified atom stereocenters. The van der Waals surface area contributed by atoms with E-state index in [-0.39, 0.29) is 30.4 Å². The van der Waals surface area contributed by atoms with Crippen LogP contribution in [0.1, 0.15) is 29.5 Å². The zero-order chi connectivity index (χ0) is 25.8. The summed E-state index contributed by atoms with van der Waals surface area (Å²) in [6.07, 6.45) is 3.03. The summed E-state index contributed by atoms with van der Waals surface area (Å²) >= 11 is 0. The van der Waals surface area contributed by atoms with Crippen molar-refractivity contribution in [1.29, 1.82) is 0 Å². The minimum Gasteiger partial charge on any atom is -0.484 e. The highest BCUT2D eigenvalue weighted by Crippen LogP contribution is 2.25. The summed E-state index contributed by atoms with van der Waals surface area (Å²) in [6, 6.07) is 23.9. The molecule has 1 saturated heterocycles. The van der Waals surface area contributed by atoms with Crippen molar-refractivity contribution in [1.82, 2.24) is 9.47 Å². The van der Waals surface area contributed by atoms with E-state index in [0.29, 0.717) is 22.7 Å². The first-order valence-corrected chi connectivity index (χ1v) is 12.8. The lowest BCUT2D eigenvalue weighted by atomic mass is 9.90. The van der Waals surface area contributed by atoms with Gasteiger partial charge in [-0.3, -0.25) is 9.59 Å². The van der Waals surface area contributed by atoms with Gasteiger partial charge in [0.25, 0.3) is 11.5 Å². The first-order chi connectivity index (χ1) is 18.0. The third-order valence-electron chi connectivity index (χ3n) is 7.22. The van der Waals surface area contributed by atoms with E-state index in [0.717, 1.165) is 43.3 Å². The van der Waals surface area contributed by atoms with Gasteiger partial charge in [-0.15, -0.1) is 0 Å². The maximum atomic E-state index is 13.7. The molecule has 190 valence electrons. The number of aryl methyl sites for hydroxylation is 1. The van der Waals surface area contributed by atoms with Crippen LogP contribution in [0.15, 0.2) is 83.7 Å². The number of fused-ring (bicyclic) bond motifs is 1. The molecule has 0 aliphatic carbocycles. The number of rotatable bonds is 7. The van der Waals surface area contributed by atoms with Crippen molar-refractivity contribution in [3.05, 3.63) is 112 Å². The predicted octanol–water partition coefficient (Wildman–Crippen LogP) is 5.36. The molecule has 1 amide bonds. The minimum atomic E-state index is -0.339. The molecule has 0 saturated carbocycles. The van der Waals surface area contributed by atoms with E-state index in [2.05, 4.69) is 24.3 Å². The van der Waals surface area contributed by atoms with E-state index in [4.69, 9.17) is 4.74 Å². The van der Waals surface area contributed by atoms with Crippen molar-refractivity contribution in [2.24, 2.45) is 5.92 Å². The normalized spacial score (nSPS) is 14.2. The highest BCUT2D eigenvalue weighted by atomic mass is 19.1.